The van der Waals surface area contributed by atoms with Crippen LogP contribution < -0.4 is 4.74 Å². The average molecular weight is 393 g/mol. The zero-order valence-electron chi connectivity index (χ0n) is 19.9. The number of piperidine rings is 1. The molecule has 7 heteroatoms. The summed E-state index contributed by atoms with van der Waals surface area (Å²) in [5.41, 5.74) is 1.64. The second kappa shape index (κ2) is 6.99. The van der Waals surface area contributed by atoms with Crippen LogP contribution in [0.15, 0.2) is 55.0 Å². The number of hydrogen-bond donors (Lipinski definition) is 0. The van der Waals surface area contributed by atoms with Crippen LogP contribution in [0.4, 0.5) is 0 Å². The van der Waals surface area contributed by atoms with Crippen LogP contribution in [0.2, 0.25) is 0 Å². The molecule has 1 aliphatic heterocycles. The summed E-state index contributed by atoms with van der Waals surface area (Å²) < 4.78 is 39.5. The Morgan fingerprint density at radius 3 is 2.79 bits per heavy atom. The van der Waals surface area contributed by atoms with E-state index < -0.39 is 36.8 Å². The predicted octanol–water partition coefficient (Wildman–Crippen LogP) is 3.04. The third-order valence-corrected chi connectivity index (χ3v) is 5.59. The minimum atomic E-state index is -2.69. The molecule has 0 spiro atoms. The Kier molecular flexibility index (Phi) is 3.34. The fourth-order valence-electron chi connectivity index (χ4n) is 4.21. The van der Waals surface area contributed by atoms with Crippen molar-refractivity contribution in [3.8, 4) is 11.6 Å². The van der Waals surface area contributed by atoms with E-state index in [4.69, 9.17) is 10.2 Å². The van der Waals surface area contributed by atoms with Crippen molar-refractivity contribution in [2.24, 2.45) is 5.92 Å². The fourth-order valence-corrected chi connectivity index (χ4v) is 4.21. The number of ether oxygens (including phenoxy) is 1. The molecule has 2 fully saturated rings. The van der Waals surface area contributed by atoms with Gasteiger partial charge in [-0.1, -0.05) is 18.2 Å². The number of rotatable bonds is 4. The number of aryl methyl sites for hydroxylation is 1. The van der Waals surface area contributed by atoms with Crippen molar-refractivity contribution in [3.63, 3.8) is 0 Å². The first-order chi connectivity index (χ1) is 15.7. The maximum Gasteiger partial charge on any atom is 0.256 e. The van der Waals surface area contributed by atoms with Crippen molar-refractivity contribution in [2.75, 3.05) is 0 Å². The molecule has 5 rings (SSSR count). The van der Waals surface area contributed by atoms with Crippen molar-refractivity contribution < 1.29 is 15.0 Å². The molecular weight excluding hydrogens is 366 g/mol. The molecule has 2 aromatic heterocycles. The number of hydrogen-bond acceptors (Lipinski definition) is 5. The second-order valence-corrected chi connectivity index (χ2v) is 7.46. The first-order valence-electron chi connectivity index (χ1n) is 11.6. The highest BCUT2D eigenvalue weighted by Gasteiger charge is 2.52. The number of carbonyl (C=O) groups is 1. The molecule has 0 radical (unpaired) electrons. The molecule has 29 heavy (non-hydrogen) atoms. The monoisotopic (exact) mass is 393 g/mol. The predicted molar refractivity (Wildman–Crippen MR) is 107 cm³/mol. The summed E-state index contributed by atoms with van der Waals surface area (Å²) >= 11 is 0. The summed E-state index contributed by atoms with van der Waals surface area (Å²) in [5.74, 6) is -0.688. The van der Waals surface area contributed by atoms with Gasteiger partial charge in [0.25, 0.3) is 5.91 Å². The zero-order chi connectivity index (χ0) is 23.4. The van der Waals surface area contributed by atoms with Gasteiger partial charge < -0.3 is 9.64 Å². The first kappa shape index (κ1) is 13.9. The van der Waals surface area contributed by atoms with E-state index in [0.717, 1.165) is 5.56 Å². The highest BCUT2D eigenvalue weighted by molar-refractivity contribution is 5.98. The van der Waals surface area contributed by atoms with Gasteiger partial charge in [0.2, 0.25) is 5.88 Å². The molecule has 1 saturated heterocycles. The Balaban J connectivity index is 1.53. The second-order valence-electron chi connectivity index (χ2n) is 7.46. The molecule has 7 nitrogen and oxygen atoms in total. The number of fused-ring (bicyclic) bond motifs is 2. The van der Waals surface area contributed by atoms with Crippen LogP contribution >= 0.6 is 0 Å². The number of benzene rings is 1. The summed E-state index contributed by atoms with van der Waals surface area (Å²) in [6.45, 7) is -0.764. The van der Waals surface area contributed by atoms with Crippen molar-refractivity contribution in [3.05, 3.63) is 66.1 Å². The molecule has 1 aromatic carbocycles. The highest BCUT2D eigenvalue weighted by Crippen LogP contribution is 2.44. The Labute approximate surface area is 174 Å². The van der Waals surface area contributed by atoms with E-state index in [1.807, 2.05) is 13.0 Å². The van der Waals surface area contributed by atoms with Gasteiger partial charge in [0.1, 0.15) is 6.10 Å². The zero-order valence-corrected chi connectivity index (χ0v) is 15.9. The van der Waals surface area contributed by atoms with E-state index >= 15 is 0 Å². The SMILES string of the molecule is [2H]C([2H])([2H])C1([2H])C2CC(Oc3ccc(C)cn3)C(C2)N1C(=O)c1ccccc1-n1nccn1. The fraction of sp³-hybridized carbons (Fsp3) is 0.364. The summed E-state index contributed by atoms with van der Waals surface area (Å²) in [6, 6.07) is 7.74. The number of carbonyl (C=O) groups excluding carboxylic acids is 1. The van der Waals surface area contributed by atoms with Gasteiger partial charge in [0, 0.05) is 22.4 Å². The summed E-state index contributed by atoms with van der Waals surface area (Å²) in [6.07, 6.45) is 4.98. The van der Waals surface area contributed by atoms with Gasteiger partial charge in [0.05, 0.1) is 31.1 Å². The van der Waals surface area contributed by atoms with Gasteiger partial charge >= 0.3 is 0 Å². The van der Waals surface area contributed by atoms with Gasteiger partial charge in [-0.15, -0.1) is 0 Å². The van der Waals surface area contributed by atoms with Crippen LogP contribution in [0, 0.1) is 12.8 Å². The first-order valence-corrected chi connectivity index (χ1v) is 9.59. The Morgan fingerprint density at radius 2 is 2.03 bits per heavy atom. The van der Waals surface area contributed by atoms with E-state index in [2.05, 4.69) is 15.2 Å². The maximum atomic E-state index is 13.9. The molecule has 3 heterocycles. The number of aromatic nitrogens is 4. The smallest absolute Gasteiger partial charge is 0.256 e. The van der Waals surface area contributed by atoms with Crippen molar-refractivity contribution in [1.29, 1.82) is 0 Å². The molecule has 2 aliphatic rings. The molecule has 1 aliphatic carbocycles. The van der Waals surface area contributed by atoms with Gasteiger partial charge in [-0.25, -0.2) is 4.98 Å². The van der Waals surface area contributed by atoms with Crippen LogP contribution in [0.1, 0.15) is 41.1 Å². The number of pyridine rings is 1. The van der Waals surface area contributed by atoms with Crippen LogP contribution in [-0.4, -0.2) is 48.9 Å². The molecule has 0 N–H and O–H groups in total. The lowest BCUT2D eigenvalue weighted by Gasteiger charge is -2.38. The van der Waals surface area contributed by atoms with Crippen LogP contribution in [0.5, 0.6) is 5.88 Å². The van der Waals surface area contributed by atoms with Crippen molar-refractivity contribution in [1.82, 2.24) is 24.9 Å². The molecule has 148 valence electrons. The minimum Gasteiger partial charge on any atom is -0.472 e. The Bertz CT molecular complexity index is 1170. The average Bonchev–Trinajstić information content (AvgIpc) is 3.51. The summed E-state index contributed by atoms with van der Waals surface area (Å²) in [7, 11) is 0. The van der Waals surface area contributed by atoms with Crippen LogP contribution in [0.25, 0.3) is 5.69 Å². The van der Waals surface area contributed by atoms with E-state index in [1.165, 1.54) is 22.1 Å². The minimum absolute atomic E-state index is 0.231. The standard InChI is InChI=1S/C22H23N5O2/c1-14-7-8-21(23-13-14)29-20-12-16-11-19(20)26(15(16)2)22(28)17-5-3-4-6-18(17)27-24-9-10-25-27/h3-10,13,15-16,19-20H,11-12H2,1-2H3/i2D3,15D. The maximum absolute atomic E-state index is 13.9. The summed E-state index contributed by atoms with van der Waals surface area (Å²) in [4.78, 5) is 20.7. The molecule has 3 aromatic rings. The lowest BCUT2D eigenvalue weighted by molar-refractivity contribution is 0.0314. The topological polar surface area (TPSA) is 73.1 Å². The largest absolute Gasteiger partial charge is 0.472 e. The van der Waals surface area contributed by atoms with Crippen molar-refractivity contribution >= 4 is 5.91 Å². The van der Waals surface area contributed by atoms with Crippen LogP contribution in [0.3, 0.4) is 0 Å². The summed E-state index contributed by atoms with van der Waals surface area (Å²) in [5, 5.41) is 8.22. The Morgan fingerprint density at radius 1 is 1.21 bits per heavy atom. The molecule has 1 amide bonds. The van der Waals surface area contributed by atoms with E-state index in [0.29, 0.717) is 24.4 Å². The highest BCUT2D eigenvalue weighted by atomic mass is 16.5. The van der Waals surface area contributed by atoms with E-state index in [1.54, 1.807) is 36.5 Å². The molecule has 4 atom stereocenters. The number of nitrogens with zero attached hydrogens (tertiary/aromatic N) is 5. The number of para-hydroxylation sites is 1. The lowest BCUT2D eigenvalue weighted by Crippen LogP contribution is -2.51. The molecule has 2 bridgehead atoms. The van der Waals surface area contributed by atoms with Crippen molar-refractivity contribution in [2.45, 2.75) is 44.8 Å². The lowest BCUT2D eigenvalue weighted by atomic mass is 9.98. The molecular formula is C22H23N5O2. The van der Waals surface area contributed by atoms with Gasteiger partial charge in [-0.05, 0) is 50.2 Å². The van der Waals surface area contributed by atoms with Gasteiger partial charge in [-0.2, -0.15) is 15.0 Å². The number of likely N-dealkylation sites (tertiary alicyclic amines) is 1. The number of amides is 1. The molecule has 1 saturated carbocycles. The third kappa shape index (κ3) is 3.06. The molecule has 4 unspecified atom stereocenters. The normalized spacial score (nSPS) is 30.4. The van der Waals surface area contributed by atoms with Gasteiger partial charge in [-0.3, -0.25) is 4.79 Å². The van der Waals surface area contributed by atoms with E-state index in [9.17, 15) is 4.79 Å². The quantitative estimate of drug-likeness (QED) is 0.681. The third-order valence-electron chi connectivity index (χ3n) is 5.59. The van der Waals surface area contributed by atoms with Crippen LogP contribution in [-0.2, 0) is 0 Å². The Hall–Kier alpha value is -3.22. The van der Waals surface area contributed by atoms with E-state index in [-0.39, 0.29) is 5.56 Å². The van der Waals surface area contributed by atoms with Gasteiger partial charge in [0.15, 0.2) is 0 Å².